The Morgan fingerprint density at radius 1 is 0.525 bits per heavy atom. The summed E-state index contributed by atoms with van der Waals surface area (Å²) in [7, 11) is 0. The fraction of sp³-hybridized carbons (Fsp3) is 0.600. The predicted octanol–water partition coefficient (Wildman–Crippen LogP) is 6.36. The third-order valence-corrected chi connectivity index (χ3v) is 6.23. The van der Waals surface area contributed by atoms with Crippen LogP contribution in [0, 0.1) is 29.1 Å². The second-order valence-corrected chi connectivity index (χ2v) is 10.1. The molecule has 0 aliphatic carbocycles. The van der Waals surface area contributed by atoms with Crippen LogP contribution in [0.1, 0.15) is 89.2 Å². The summed E-state index contributed by atoms with van der Waals surface area (Å²) in [6.45, 7) is 13.4. The normalized spacial score (nSPS) is 15.9. The number of para-hydroxylation sites is 1. The van der Waals surface area contributed by atoms with Gasteiger partial charge in [0.15, 0.2) is 17.5 Å². The average Bonchev–Trinajstić information content (AvgIpc) is 3.75. The molecule has 220 valence electrons. The van der Waals surface area contributed by atoms with E-state index < -0.39 is 34.8 Å². The molecule has 40 heavy (non-hydrogen) atoms. The molecule has 3 aliphatic heterocycles. The number of halogens is 5. The van der Waals surface area contributed by atoms with Crippen molar-refractivity contribution in [1.29, 1.82) is 0 Å². The Balaban J connectivity index is 0.000000398. The summed E-state index contributed by atoms with van der Waals surface area (Å²) in [5.41, 5.74) is 0.419. The molecule has 10 heteroatoms. The van der Waals surface area contributed by atoms with Crippen LogP contribution < -0.4 is 18.9 Å². The number of nitrogens with zero attached hydrogens (tertiary/aromatic N) is 1. The Bertz CT molecular complexity index is 909. The van der Waals surface area contributed by atoms with Gasteiger partial charge in [-0.05, 0) is 50.4 Å². The summed E-state index contributed by atoms with van der Waals surface area (Å²) in [5.74, 6) is -10.1. The molecule has 3 saturated heterocycles. The van der Waals surface area contributed by atoms with Crippen LogP contribution in [0.5, 0.6) is 0 Å². The Morgan fingerprint density at radius 3 is 1.07 bits per heavy atom. The van der Waals surface area contributed by atoms with Gasteiger partial charge in [-0.2, -0.15) is 0 Å². The van der Waals surface area contributed by atoms with E-state index in [4.69, 9.17) is 14.2 Å². The summed E-state index contributed by atoms with van der Waals surface area (Å²) >= 11 is 0. The molecule has 4 nitrogen and oxygen atoms in total. The number of benzene rings is 2. The molecule has 0 aromatic heterocycles. The Morgan fingerprint density at radius 2 is 0.825 bits per heavy atom. The Kier molecular flexibility index (Phi) is 17.7. The summed E-state index contributed by atoms with van der Waals surface area (Å²) in [6.07, 6.45) is 7.67. The molecule has 3 aliphatic rings. The van der Waals surface area contributed by atoms with Gasteiger partial charge in [0, 0.05) is 39.6 Å². The van der Waals surface area contributed by atoms with Crippen LogP contribution in [0.15, 0.2) is 18.2 Å². The van der Waals surface area contributed by atoms with Crippen LogP contribution in [-0.2, 0) is 14.2 Å². The number of hydrogen-bond donors (Lipinski definition) is 0. The van der Waals surface area contributed by atoms with Crippen LogP contribution in [-0.4, -0.2) is 39.6 Å². The van der Waals surface area contributed by atoms with Crippen molar-refractivity contribution < 1.29 is 55.0 Å². The maximum absolute atomic E-state index is 13.9. The number of hydrogen-bond acceptors (Lipinski definition) is 3. The van der Waals surface area contributed by atoms with Crippen molar-refractivity contribution in [3.8, 4) is 0 Å². The summed E-state index contributed by atoms with van der Waals surface area (Å²) in [5, 5.41) is 3.85. The smallest absolute Gasteiger partial charge is 0.652 e. The fourth-order valence-electron chi connectivity index (χ4n) is 3.98. The standard InChI is InChI=1S/C18H17F5N.3C4H8O.Li/c1-8(2)10-6-5-7-11(9(3)4)17(10)24-18-15(22)13(20)12(19)14(21)16(18)23;3*1-2-4-5-3-1;/h5-9H,1-4H3;3*1-4H2;/q-1;;;;+1. The van der Waals surface area contributed by atoms with Crippen LogP contribution in [0.2, 0.25) is 0 Å². The topological polar surface area (TPSA) is 41.8 Å². The zero-order chi connectivity index (χ0) is 28.8. The summed E-state index contributed by atoms with van der Waals surface area (Å²) < 4.78 is 82.7. The van der Waals surface area contributed by atoms with Gasteiger partial charge in [-0.3, -0.25) is 0 Å². The van der Waals surface area contributed by atoms with Crippen molar-refractivity contribution in [2.24, 2.45) is 0 Å². The van der Waals surface area contributed by atoms with E-state index in [1.807, 2.05) is 27.7 Å². The van der Waals surface area contributed by atoms with Crippen molar-refractivity contribution in [3.05, 3.63) is 63.7 Å². The van der Waals surface area contributed by atoms with Crippen molar-refractivity contribution in [3.63, 3.8) is 0 Å². The molecule has 0 atom stereocenters. The molecular weight excluding hydrogens is 524 g/mol. The van der Waals surface area contributed by atoms with Gasteiger partial charge in [-0.1, -0.05) is 62.7 Å². The van der Waals surface area contributed by atoms with Gasteiger partial charge in [0.05, 0.1) is 0 Å². The van der Waals surface area contributed by atoms with Crippen molar-refractivity contribution in [2.45, 2.75) is 78.1 Å². The van der Waals surface area contributed by atoms with E-state index >= 15 is 0 Å². The monoisotopic (exact) mass is 565 g/mol. The molecule has 0 saturated carbocycles. The Labute approximate surface area is 247 Å². The first-order chi connectivity index (χ1) is 18.7. The van der Waals surface area contributed by atoms with E-state index in [0.29, 0.717) is 11.1 Å². The summed E-state index contributed by atoms with van der Waals surface area (Å²) in [6, 6.07) is 5.23. The van der Waals surface area contributed by atoms with Crippen molar-refractivity contribution in [2.75, 3.05) is 39.6 Å². The third-order valence-electron chi connectivity index (χ3n) is 6.23. The zero-order valence-corrected chi connectivity index (χ0v) is 24.4. The molecule has 2 aromatic rings. The van der Waals surface area contributed by atoms with Gasteiger partial charge in [0.25, 0.3) is 0 Å². The molecule has 0 N–H and O–H groups in total. The number of rotatable bonds is 4. The van der Waals surface area contributed by atoms with Crippen molar-refractivity contribution >= 4 is 11.4 Å². The molecule has 0 radical (unpaired) electrons. The first-order valence-electron chi connectivity index (χ1n) is 13.8. The average molecular weight is 566 g/mol. The largest absolute Gasteiger partial charge is 1.00 e. The van der Waals surface area contributed by atoms with Gasteiger partial charge in [-0.15, -0.1) is 5.69 Å². The van der Waals surface area contributed by atoms with Crippen LogP contribution in [0.25, 0.3) is 5.32 Å². The third kappa shape index (κ3) is 11.3. The van der Waals surface area contributed by atoms with E-state index in [-0.39, 0.29) is 36.4 Å². The van der Waals surface area contributed by atoms with E-state index in [1.54, 1.807) is 18.2 Å². The molecule has 0 spiro atoms. The molecular formula is C30H41F5LiNO3. The van der Waals surface area contributed by atoms with E-state index in [9.17, 15) is 22.0 Å². The van der Waals surface area contributed by atoms with E-state index in [2.05, 4.69) is 5.32 Å². The minimum atomic E-state index is -2.19. The van der Waals surface area contributed by atoms with E-state index in [0.717, 1.165) is 39.6 Å². The fourth-order valence-corrected chi connectivity index (χ4v) is 3.98. The second kappa shape index (κ2) is 19.5. The SMILES string of the molecule is C1CCOC1.C1CCOC1.C1CCOC1.CC(C)c1cccc(C(C)C)c1[N-]c1c(F)c(F)c(F)c(F)c1F.[Li+]. The van der Waals surface area contributed by atoms with Crippen LogP contribution >= 0.6 is 0 Å². The predicted molar refractivity (Wildman–Crippen MR) is 144 cm³/mol. The number of ether oxygens (including phenoxy) is 3. The second-order valence-electron chi connectivity index (χ2n) is 10.1. The van der Waals surface area contributed by atoms with Gasteiger partial charge < -0.3 is 19.5 Å². The first kappa shape index (κ1) is 36.4. The molecule has 5 rings (SSSR count). The maximum Gasteiger partial charge on any atom is 1.00 e. The molecule has 3 heterocycles. The van der Waals surface area contributed by atoms with Gasteiger partial charge >= 0.3 is 18.9 Å². The zero-order valence-electron chi connectivity index (χ0n) is 24.4. The molecule has 2 aromatic carbocycles. The van der Waals surface area contributed by atoms with Gasteiger partial charge in [0.1, 0.15) is 11.6 Å². The molecule has 0 bridgehead atoms. The van der Waals surface area contributed by atoms with Crippen LogP contribution in [0.3, 0.4) is 0 Å². The molecule has 3 fully saturated rings. The van der Waals surface area contributed by atoms with Crippen molar-refractivity contribution in [1.82, 2.24) is 0 Å². The summed E-state index contributed by atoms with van der Waals surface area (Å²) in [4.78, 5) is 0. The Hall–Kier alpha value is -1.63. The maximum atomic E-state index is 13.9. The molecule has 0 unspecified atom stereocenters. The minimum absolute atomic E-state index is 0. The van der Waals surface area contributed by atoms with Gasteiger partial charge in [-0.25, -0.2) is 22.0 Å². The quantitative estimate of drug-likeness (QED) is 0.188. The van der Waals surface area contributed by atoms with Gasteiger partial charge in [0.2, 0.25) is 0 Å². The van der Waals surface area contributed by atoms with Crippen LogP contribution in [0.4, 0.5) is 33.3 Å². The molecule has 0 amide bonds. The minimum Gasteiger partial charge on any atom is -0.652 e. The van der Waals surface area contributed by atoms with E-state index in [1.165, 1.54) is 38.5 Å². The first-order valence-corrected chi connectivity index (χ1v) is 13.8.